The minimum absolute atomic E-state index is 0.162. The van der Waals surface area contributed by atoms with Crippen LogP contribution in [0.4, 0.5) is 5.82 Å². The van der Waals surface area contributed by atoms with E-state index in [9.17, 15) is 13.2 Å². The lowest BCUT2D eigenvalue weighted by Crippen LogP contribution is -2.47. The maximum Gasteiger partial charge on any atom is 0.239 e. The molecule has 1 aromatic heterocycles. The predicted octanol–water partition coefficient (Wildman–Crippen LogP) is -0.319. The van der Waals surface area contributed by atoms with Crippen molar-refractivity contribution in [1.82, 2.24) is 19.4 Å². The number of sulfonamides is 1. The van der Waals surface area contributed by atoms with E-state index in [0.29, 0.717) is 18.8 Å². The first kappa shape index (κ1) is 16.9. The second-order valence-corrected chi connectivity index (χ2v) is 7.76. The van der Waals surface area contributed by atoms with Gasteiger partial charge < -0.3 is 5.32 Å². The molecule has 0 aromatic carbocycles. The van der Waals surface area contributed by atoms with Gasteiger partial charge in [0.1, 0.15) is 5.82 Å². The average Bonchev–Trinajstić information content (AvgIpc) is 2.77. The van der Waals surface area contributed by atoms with E-state index >= 15 is 0 Å². The van der Waals surface area contributed by atoms with Gasteiger partial charge >= 0.3 is 0 Å². The fourth-order valence-electron chi connectivity index (χ4n) is 2.69. The van der Waals surface area contributed by atoms with Crippen molar-refractivity contribution in [2.24, 2.45) is 7.05 Å². The second kappa shape index (κ2) is 6.76. The molecule has 1 aromatic rings. The molecular formula is C13H23N5O3S. The number of nitrogens with zero attached hydrogens (tertiary/aromatic N) is 3. The minimum Gasteiger partial charge on any atom is -0.310 e. The molecule has 2 heterocycles. The quantitative estimate of drug-likeness (QED) is 0.772. The first-order valence-electron chi connectivity index (χ1n) is 7.27. The van der Waals surface area contributed by atoms with Crippen LogP contribution in [0, 0.1) is 6.92 Å². The van der Waals surface area contributed by atoms with Gasteiger partial charge in [0.2, 0.25) is 15.9 Å². The monoisotopic (exact) mass is 329 g/mol. The van der Waals surface area contributed by atoms with Crippen molar-refractivity contribution in [3.05, 3.63) is 11.8 Å². The van der Waals surface area contributed by atoms with Gasteiger partial charge in [0.05, 0.1) is 17.5 Å². The Morgan fingerprint density at radius 2 is 2.23 bits per heavy atom. The second-order valence-electron chi connectivity index (χ2n) is 5.59. The van der Waals surface area contributed by atoms with Gasteiger partial charge in [0, 0.05) is 19.7 Å². The zero-order valence-electron chi connectivity index (χ0n) is 13.2. The summed E-state index contributed by atoms with van der Waals surface area (Å²) in [4.78, 5) is 14.0. The summed E-state index contributed by atoms with van der Waals surface area (Å²) in [6.45, 7) is 3.14. The van der Waals surface area contributed by atoms with Crippen LogP contribution in [0.15, 0.2) is 6.07 Å². The molecule has 0 bridgehead atoms. The van der Waals surface area contributed by atoms with Crippen molar-refractivity contribution in [1.29, 1.82) is 0 Å². The standard InChI is InChI=1S/C13H23N5O3S/c1-10-7-12(17(3)16-10)15-13(19)9-18-6-4-5-11(8-18)22(20,21)14-2/h7,11,14H,4-6,8-9H2,1-3H3,(H,15,19). The molecule has 0 aliphatic carbocycles. The maximum atomic E-state index is 12.1. The number of rotatable bonds is 5. The molecule has 1 aliphatic rings. The third-order valence-electron chi connectivity index (χ3n) is 3.82. The first-order chi connectivity index (χ1) is 10.3. The Morgan fingerprint density at radius 1 is 1.50 bits per heavy atom. The van der Waals surface area contributed by atoms with Crippen molar-refractivity contribution in [3.63, 3.8) is 0 Å². The molecule has 1 amide bonds. The smallest absolute Gasteiger partial charge is 0.239 e. The molecule has 2 N–H and O–H groups in total. The van der Waals surface area contributed by atoms with Crippen molar-refractivity contribution >= 4 is 21.7 Å². The maximum absolute atomic E-state index is 12.1. The Bertz CT molecular complexity index is 640. The highest BCUT2D eigenvalue weighted by Gasteiger charge is 2.30. The Hall–Kier alpha value is -1.45. The molecule has 1 atom stereocenters. The molecule has 1 saturated heterocycles. The fraction of sp³-hybridized carbons (Fsp3) is 0.692. The molecule has 0 saturated carbocycles. The van der Waals surface area contributed by atoms with Crippen LogP contribution in [-0.2, 0) is 21.9 Å². The third-order valence-corrected chi connectivity index (χ3v) is 5.65. The summed E-state index contributed by atoms with van der Waals surface area (Å²) in [5.74, 6) is 0.476. The summed E-state index contributed by atoms with van der Waals surface area (Å²) in [6, 6.07) is 1.79. The summed E-state index contributed by atoms with van der Waals surface area (Å²) in [5, 5.41) is 6.51. The molecule has 0 spiro atoms. The number of hydrogen-bond donors (Lipinski definition) is 2. The molecule has 22 heavy (non-hydrogen) atoms. The van der Waals surface area contributed by atoms with Gasteiger partial charge in [-0.3, -0.25) is 14.4 Å². The lowest BCUT2D eigenvalue weighted by molar-refractivity contribution is -0.117. The third kappa shape index (κ3) is 4.05. The normalized spacial score (nSPS) is 20.0. The number of likely N-dealkylation sites (tertiary alicyclic amines) is 1. The van der Waals surface area contributed by atoms with E-state index in [4.69, 9.17) is 0 Å². The number of carbonyl (C=O) groups is 1. The van der Waals surface area contributed by atoms with Crippen LogP contribution in [0.2, 0.25) is 0 Å². The van der Waals surface area contributed by atoms with Gasteiger partial charge in [-0.15, -0.1) is 0 Å². The summed E-state index contributed by atoms with van der Waals surface area (Å²) in [5.41, 5.74) is 0.830. The lowest BCUT2D eigenvalue weighted by atomic mass is 10.1. The largest absolute Gasteiger partial charge is 0.310 e. The molecule has 124 valence electrons. The van der Waals surface area contributed by atoms with Crippen molar-refractivity contribution in [2.75, 3.05) is 32.0 Å². The predicted molar refractivity (Wildman–Crippen MR) is 84.0 cm³/mol. The van der Waals surface area contributed by atoms with Crippen LogP contribution in [0.1, 0.15) is 18.5 Å². The van der Waals surface area contributed by atoms with Gasteiger partial charge in [-0.05, 0) is 33.4 Å². The van der Waals surface area contributed by atoms with Gasteiger partial charge in [-0.25, -0.2) is 13.1 Å². The Labute approximate surface area is 130 Å². The molecule has 0 radical (unpaired) electrons. The zero-order valence-corrected chi connectivity index (χ0v) is 14.0. The number of amides is 1. The van der Waals surface area contributed by atoms with Crippen LogP contribution < -0.4 is 10.0 Å². The van der Waals surface area contributed by atoms with Gasteiger partial charge in [-0.2, -0.15) is 5.10 Å². The molecule has 8 nitrogen and oxygen atoms in total. The lowest BCUT2D eigenvalue weighted by Gasteiger charge is -2.31. The SMILES string of the molecule is CNS(=O)(=O)C1CCCN(CC(=O)Nc2cc(C)nn2C)C1. The number of nitrogens with one attached hydrogen (secondary N) is 2. The summed E-state index contributed by atoms with van der Waals surface area (Å²) in [6.07, 6.45) is 1.39. The van der Waals surface area contributed by atoms with E-state index < -0.39 is 15.3 Å². The topological polar surface area (TPSA) is 96.3 Å². The van der Waals surface area contributed by atoms with Gasteiger partial charge in [-0.1, -0.05) is 0 Å². The van der Waals surface area contributed by atoms with Crippen molar-refractivity contribution in [3.8, 4) is 0 Å². The van der Waals surface area contributed by atoms with E-state index in [1.165, 1.54) is 7.05 Å². The zero-order chi connectivity index (χ0) is 16.3. The number of hydrogen-bond acceptors (Lipinski definition) is 5. The minimum atomic E-state index is -3.29. The number of aryl methyl sites for hydroxylation is 2. The molecule has 1 aliphatic heterocycles. The summed E-state index contributed by atoms with van der Waals surface area (Å²) < 4.78 is 27.7. The number of carbonyl (C=O) groups excluding carboxylic acids is 1. The van der Waals surface area contributed by atoms with E-state index in [0.717, 1.165) is 18.7 Å². The van der Waals surface area contributed by atoms with Gasteiger partial charge in [0.25, 0.3) is 0 Å². The molecule has 1 unspecified atom stereocenters. The van der Waals surface area contributed by atoms with Crippen LogP contribution in [0.3, 0.4) is 0 Å². The van der Waals surface area contributed by atoms with Gasteiger partial charge in [0.15, 0.2) is 0 Å². The van der Waals surface area contributed by atoms with Crippen molar-refractivity contribution in [2.45, 2.75) is 25.0 Å². The fourth-order valence-corrected chi connectivity index (χ4v) is 3.91. The van der Waals surface area contributed by atoms with E-state index in [2.05, 4.69) is 15.1 Å². The van der Waals surface area contributed by atoms with E-state index in [1.54, 1.807) is 17.8 Å². The van der Waals surface area contributed by atoms with Crippen LogP contribution in [0.5, 0.6) is 0 Å². The highest BCUT2D eigenvalue weighted by Crippen LogP contribution is 2.16. The van der Waals surface area contributed by atoms with E-state index in [-0.39, 0.29) is 12.5 Å². The highest BCUT2D eigenvalue weighted by atomic mass is 32.2. The number of aromatic nitrogens is 2. The molecule has 2 rings (SSSR count). The molecule has 1 fully saturated rings. The Morgan fingerprint density at radius 3 is 2.82 bits per heavy atom. The Balaban J connectivity index is 1.93. The first-order valence-corrected chi connectivity index (χ1v) is 8.81. The van der Waals surface area contributed by atoms with Crippen molar-refractivity contribution < 1.29 is 13.2 Å². The molecule has 9 heteroatoms. The summed E-state index contributed by atoms with van der Waals surface area (Å²) >= 11 is 0. The van der Waals surface area contributed by atoms with Crippen LogP contribution >= 0.6 is 0 Å². The highest BCUT2D eigenvalue weighted by molar-refractivity contribution is 7.90. The summed E-state index contributed by atoms with van der Waals surface area (Å²) in [7, 11) is -0.104. The van der Waals surface area contributed by atoms with E-state index in [1.807, 2.05) is 11.8 Å². The number of piperidine rings is 1. The number of anilines is 1. The van der Waals surface area contributed by atoms with Crippen LogP contribution in [-0.4, -0.2) is 60.9 Å². The molecular weight excluding hydrogens is 306 g/mol. The Kier molecular flexibility index (Phi) is 5.20. The van der Waals surface area contributed by atoms with Crippen LogP contribution in [0.25, 0.3) is 0 Å². The average molecular weight is 329 g/mol.